The van der Waals surface area contributed by atoms with E-state index in [0.717, 1.165) is 32.7 Å². The summed E-state index contributed by atoms with van der Waals surface area (Å²) in [6.07, 6.45) is 0. The van der Waals surface area contributed by atoms with Crippen molar-refractivity contribution in [1.82, 2.24) is 29.5 Å². The van der Waals surface area contributed by atoms with Crippen LogP contribution in [0.5, 0.6) is 0 Å². The number of fused-ring (bicyclic) bond motifs is 1. The maximum absolute atomic E-state index is 12.2. The van der Waals surface area contributed by atoms with Gasteiger partial charge in [0.25, 0.3) is 0 Å². The summed E-state index contributed by atoms with van der Waals surface area (Å²) in [5.74, 6) is 0.691. The van der Waals surface area contributed by atoms with Crippen LogP contribution < -0.4 is 11.0 Å². The summed E-state index contributed by atoms with van der Waals surface area (Å²) in [7, 11) is 2.04. The van der Waals surface area contributed by atoms with Crippen LogP contribution in [-0.4, -0.2) is 69.8 Å². The Bertz CT molecular complexity index is 555. The third kappa shape index (κ3) is 2.48. The number of piperazine rings is 1. The Morgan fingerprint density at radius 2 is 2.00 bits per heavy atom. The average Bonchev–Trinajstić information content (AvgIpc) is 2.77. The van der Waals surface area contributed by atoms with E-state index in [9.17, 15) is 9.59 Å². The van der Waals surface area contributed by atoms with E-state index in [0.29, 0.717) is 18.9 Å². The first kappa shape index (κ1) is 13.3. The molecule has 2 aliphatic heterocycles. The highest BCUT2D eigenvalue weighted by molar-refractivity contribution is 5.76. The van der Waals surface area contributed by atoms with Crippen LogP contribution in [-0.2, 0) is 24.4 Å². The molecule has 1 fully saturated rings. The lowest BCUT2D eigenvalue weighted by atomic mass is 10.3. The number of hydrogen-bond acceptors (Lipinski definition) is 5. The van der Waals surface area contributed by atoms with Crippen LogP contribution in [0, 0.1) is 0 Å². The minimum absolute atomic E-state index is 0.0244. The van der Waals surface area contributed by atoms with Crippen molar-refractivity contribution in [2.24, 2.45) is 0 Å². The molecule has 0 aromatic carbocycles. The lowest BCUT2D eigenvalue weighted by Crippen LogP contribution is -2.48. The number of aromatic nitrogens is 3. The summed E-state index contributed by atoms with van der Waals surface area (Å²) in [6, 6.07) is 0. The fraction of sp³-hybridized carbons (Fsp3) is 0.750. The zero-order chi connectivity index (χ0) is 14.1. The number of hydrogen-bond donors (Lipinski definition) is 1. The lowest BCUT2D eigenvalue weighted by molar-refractivity contribution is -0.133. The Labute approximate surface area is 116 Å². The minimum atomic E-state index is -0.177. The number of carbonyl (C=O) groups is 1. The van der Waals surface area contributed by atoms with Gasteiger partial charge in [0.15, 0.2) is 0 Å². The van der Waals surface area contributed by atoms with Crippen molar-refractivity contribution in [3.05, 3.63) is 16.3 Å². The van der Waals surface area contributed by atoms with Crippen molar-refractivity contribution < 1.29 is 4.79 Å². The van der Waals surface area contributed by atoms with E-state index in [1.165, 1.54) is 4.68 Å². The second kappa shape index (κ2) is 5.37. The molecule has 110 valence electrons. The third-order valence-corrected chi connectivity index (χ3v) is 3.94. The molecule has 0 aliphatic carbocycles. The molecule has 20 heavy (non-hydrogen) atoms. The summed E-state index contributed by atoms with van der Waals surface area (Å²) in [5.41, 5.74) is -0.177. The Morgan fingerprint density at radius 1 is 1.25 bits per heavy atom. The van der Waals surface area contributed by atoms with Crippen molar-refractivity contribution >= 4 is 5.91 Å². The molecule has 0 radical (unpaired) electrons. The monoisotopic (exact) mass is 280 g/mol. The molecule has 1 N–H and O–H groups in total. The molecule has 0 spiro atoms. The fourth-order valence-electron chi connectivity index (χ4n) is 2.62. The van der Waals surface area contributed by atoms with Gasteiger partial charge in [0.2, 0.25) is 5.91 Å². The first-order valence-corrected chi connectivity index (χ1v) is 6.99. The number of nitrogens with one attached hydrogen (secondary N) is 1. The van der Waals surface area contributed by atoms with E-state index in [4.69, 9.17) is 0 Å². The normalized spacial score (nSPS) is 19.9. The van der Waals surface area contributed by atoms with Gasteiger partial charge in [0.1, 0.15) is 12.4 Å². The molecule has 3 heterocycles. The number of rotatable bonds is 2. The minimum Gasteiger partial charge on any atom is -0.339 e. The average molecular weight is 280 g/mol. The van der Waals surface area contributed by atoms with Crippen LogP contribution in [0.4, 0.5) is 0 Å². The summed E-state index contributed by atoms with van der Waals surface area (Å²) in [6.45, 7) is 5.22. The lowest BCUT2D eigenvalue weighted by Gasteiger charge is -2.32. The van der Waals surface area contributed by atoms with Gasteiger partial charge in [-0.2, -0.15) is 5.10 Å². The second-order valence-electron chi connectivity index (χ2n) is 5.37. The van der Waals surface area contributed by atoms with E-state index in [-0.39, 0.29) is 18.1 Å². The highest BCUT2D eigenvalue weighted by atomic mass is 16.2. The van der Waals surface area contributed by atoms with Gasteiger partial charge in [0.05, 0.1) is 6.54 Å². The number of carbonyl (C=O) groups excluding carboxylic acids is 1. The van der Waals surface area contributed by atoms with Gasteiger partial charge in [-0.25, -0.2) is 9.48 Å². The highest BCUT2D eigenvalue weighted by Gasteiger charge is 2.22. The zero-order valence-corrected chi connectivity index (χ0v) is 11.7. The molecule has 3 rings (SSSR count). The van der Waals surface area contributed by atoms with E-state index in [2.05, 4.69) is 15.3 Å². The quantitative estimate of drug-likeness (QED) is 0.673. The van der Waals surface area contributed by atoms with Crippen molar-refractivity contribution in [2.45, 2.75) is 19.6 Å². The maximum Gasteiger partial charge on any atom is 0.346 e. The zero-order valence-electron chi connectivity index (χ0n) is 11.7. The molecule has 1 aromatic rings. The van der Waals surface area contributed by atoms with Crippen LogP contribution in [0.2, 0.25) is 0 Å². The van der Waals surface area contributed by atoms with Gasteiger partial charge in [-0.15, -0.1) is 0 Å². The molecular formula is C12H20N6O2. The van der Waals surface area contributed by atoms with Crippen LogP contribution >= 0.6 is 0 Å². The smallest absolute Gasteiger partial charge is 0.339 e. The molecule has 8 heteroatoms. The molecule has 0 bridgehead atoms. The largest absolute Gasteiger partial charge is 0.346 e. The van der Waals surface area contributed by atoms with Crippen molar-refractivity contribution in [3.8, 4) is 0 Å². The van der Waals surface area contributed by atoms with Crippen LogP contribution in [0.25, 0.3) is 0 Å². The number of amides is 1. The van der Waals surface area contributed by atoms with Crippen LogP contribution in [0.1, 0.15) is 5.82 Å². The molecule has 1 amide bonds. The predicted molar refractivity (Wildman–Crippen MR) is 72.3 cm³/mol. The first-order valence-electron chi connectivity index (χ1n) is 6.99. The molecule has 0 unspecified atom stereocenters. The molecule has 8 nitrogen and oxygen atoms in total. The van der Waals surface area contributed by atoms with Crippen LogP contribution in [0.3, 0.4) is 0 Å². The van der Waals surface area contributed by atoms with Gasteiger partial charge >= 0.3 is 5.69 Å². The second-order valence-corrected chi connectivity index (χ2v) is 5.37. The highest BCUT2D eigenvalue weighted by Crippen LogP contribution is 2.02. The van der Waals surface area contributed by atoms with E-state index in [1.807, 2.05) is 11.9 Å². The summed E-state index contributed by atoms with van der Waals surface area (Å²) in [5, 5.41) is 7.41. The van der Waals surface area contributed by atoms with E-state index < -0.39 is 0 Å². The standard InChI is InChI=1S/C12H20N6O2/c1-15-4-6-16(7-5-15)11(19)9-18-12(20)17-3-2-13-8-10(17)14-18/h13H,2-9H2,1H3. The van der Waals surface area contributed by atoms with E-state index >= 15 is 0 Å². The van der Waals surface area contributed by atoms with Gasteiger partial charge in [-0.3, -0.25) is 9.36 Å². The SMILES string of the molecule is CN1CCN(C(=O)Cn2nc3n(c2=O)CCNC3)CC1. The topological polar surface area (TPSA) is 75.4 Å². The van der Waals surface area contributed by atoms with Gasteiger partial charge in [-0.05, 0) is 7.05 Å². The van der Waals surface area contributed by atoms with Gasteiger partial charge in [-0.1, -0.05) is 0 Å². The number of nitrogens with zero attached hydrogens (tertiary/aromatic N) is 5. The molecule has 2 aliphatic rings. The summed E-state index contributed by atoms with van der Waals surface area (Å²) >= 11 is 0. The molecule has 0 saturated carbocycles. The Kier molecular flexibility index (Phi) is 3.58. The molecule has 1 aromatic heterocycles. The summed E-state index contributed by atoms with van der Waals surface area (Å²) in [4.78, 5) is 28.4. The first-order chi connectivity index (χ1) is 9.65. The molecular weight excluding hydrogens is 260 g/mol. The number of likely N-dealkylation sites (N-methyl/N-ethyl adjacent to an activating group) is 1. The van der Waals surface area contributed by atoms with Crippen molar-refractivity contribution in [2.75, 3.05) is 39.8 Å². The Morgan fingerprint density at radius 3 is 2.70 bits per heavy atom. The molecule has 0 atom stereocenters. The van der Waals surface area contributed by atoms with E-state index in [1.54, 1.807) is 4.57 Å². The Hall–Kier alpha value is -1.67. The van der Waals surface area contributed by atoms with Crippen molar-refractivity contribution in [3.63, 3.8) is 0 Å². The Balaban J connectivity index is 1.70. The summed E-state index contributed by atoms with van der Waals surface area (Å²) < 4.78 is 2.94. The fourth-order valence-corrected chi connectivity index (χ4v) is 2.62. The third-order valence-electron chi connectivity index (χ3n) is 3.94. The van der Waals surface area contributed by atoms with Crippen LogP contribution in [0.15, 0.2) is 4.79 Å². The molecule has 1 saturated heterocycles. The maximum atomic E-state index is 12.2. The predicted octanol–water partition coefficient (Wildman–Crippen LogP) is -2.08. The van der Waals surface area contributed by atoms with Crippen molar-refractivity contribution in [1.29, 1.82) is 0 Å². The van der Waals surface area contributed by atoms with Gasteiger partial charge in [0, 0.05) is 39.3 Å². The van der Waals surface area contributed by atoms with Gasteiger partial charge < -0.3 is 15.1 Å².